The molecule has 5 rings (SSSR count). The average molecular weight is 450 g/mol. The molecule has 0 unspecified atom stereocenters. The summed E-state index contributed by atoms with van der Waals surface area (Å²) in [5.41, 5.74) is 5.43. The summed E-state index contributed by atoms with van der Waals surface area (Å²) >= 11 is 0. The van der Waals surface area contributed by atoms with E-state index in [9.17, 15) is 14.4 Å². The van der Waals surface area contributed by atoms with Crippen LogP contribution in [0.25, 0.3) is 17.0 Å². The Morgan fingerprint density at radius 1 is 0.853 bits per heavy atom. The predicted octanol–water partition coefficient (Wildman–Crippen LogP) is 4.97. The molecule has 0 atom stereocenters. The lowest BCUT2D eigenvalue weighted by atomic mass is 10.1. The molecule has 4 amide bonds. The van der Waals surface area contributed by atoms with Gasteiger partial charge in [-0.15, -0.1) is 0 Å². The number of anilines is 1. The van der Waals surface area contributed by atoms with Crippen LogP contribution in [0.3, 0.4) is 0 Å². The summed E-state index contributed by atoms with van der Waals surface area (Å²) in [7, 11) is 0. The molecule has 6 heteroatoms. The van der Waals surface area contributed by atoms with Crippen LogP contribution in [-0.2, 0) is 16.1 Å². The highest BCUT2D eigenvalue weighted by Gasteiger charge is 2.37. The van der Waals surface area contributed by atoms with Gasteiger partial charge >= 0.3 is 6.03 Å². The number of urea groups is 1. The molecule has 1 aliphatic heterocycles. The summed E-state index contributed by atoms with van der Waals surface area (Å²) in [6.45, 7) is 4.65. The summed E-state index contributed by atoms with van der Waals surface area (Å²) in [4.78, 5) is 39.4. The van der Waals surface area contributed by atoms with Crippen LogP contribution in [0.4, 0.5) is 10.5 Å². The second-order valence-electron chi connectivity index (χ2n) is 8.45. The number of aryl methyl sites for hydroxylation is 2. The molecule has 168 valence electrons. The fraction of sp³-hybridized carbons (Fsp3) is 0.107. The molecular formula is C28H23N3O3. The number of amides is 4. The van der Waals surface area contributed by atoms with E-state index >= 15 is 0 Å². The Balaban J connectivity index is 1.57. The van der Waals surface area contributed by atoms with Gasteiger partial charge in [0.1, 0.15) is 5.57 Å². The van der Waals surface area contributed by atoms with Gasteiger partial charge in [0, 0.05) is 29.2 Å². The third-order valence-electron chi connectivity index (χ3n) is 6.12. The number of hydrogen-bond donors (Lipinski definition) is 1. The Labute approximate surface area is 197 Å². The average Bonchev–Trinajstić information content (AvgIpc) is 3.16. The minimum absolute atomic E-state index is 0.0843. The molecule has 34 heavy (non-hydrogen) atoms. The Hall–Kier alpha value is -4.45. The predicted molar refractivity (Wildman–Crippen MR) is 132 cm³/mol. The SMILES string of the molecule is Cc1ccc(N2C(=O)NC(=O)/C(=C\c3cn(Cc4ccccc4C)c4ccccc34)C2=O)cc1. The van der Waals surface area contributed by atoms with Gasteiger partial charge in [-0.3, -0.25) is 14.9 Å². The van der Waals surface area contributed by atoms with Crippen molar-refractivity contribution in [3.8, 4) is 0 Å². The number of carbonyl (C=O) groups excluding carboxylic acids is 3. The topological polar surface area (TPSA) is 71.4 Å². The van der Waals surface area contributed by atoms with Crippen molar-refractivity contribution in [3.05, 3.63) is 107 Å². The molecule has 0 radical (unpaired) electrons. The maximum atomic E-state index is 13.3. The number of aromatic nitrogens is 1. The number of imide groups is 2. The normalized spacial score (nSPS) is 15.3. The Morgan fingerprint density at radius 2 is 1.56 bits per heavy atom. The molecule has 1 N–H and O–H groups in total. The molecule has 1 aliphatic rings. The molecule has 1 aromatic heterocycles. The number of rotatable bonds is 4. The van der Waals surface area contributed by atoms with Crippen LogP contribution in [-0.4, -0.2) is 22.4 Å². The van der Waals surface area contributed by atoms with Crippen molar-refractivity contribution in [1.82, 2.24) is 9.88 Å². The highest BCUT2D eigenvalue weighted by molar-refractivity contribution is 6.39. The van der Waals surface area contributed by atoms with Crippen LogP contribution >= 0.6 is 0 Å². The van der Waals surface area contributed by atoms with E-state index in [1.165, 1.54) is 11.1 Å². The van der Waals surface area contributed by atoms with Crippen molar-refractivity contribution in [2.75, 3.05) is 4.90 Å². The first-order valence-electron chi connectivity index (χ1n) is 11.0. The Morgan fingerprint density at radius 3 is 2.32 bits per heavy atom. The van der Waals surface area contributed by atoms with E-state index in [2.05, 4.69) is 28.9 Å². The van der Waals surface area contributed by atoms with Crippen LogP contribution in [0.15, 0.2) is 84.6 Å². The lowest BCUT2D eigenvalue weighted by molar-refractivity contribution is -0.122. The summed E-state index contributed by atoms with van der Waals surface area (Å²) < 4.78 is 2.11. The smallest absolute Gasteiger partial charge is 0.335 e. The Kier molecular flexibility index (Phi) is 5.34. The standard InChI is InChI=1S/C28H23N3O3/c1-18-11-13-22(14-12-18)31-27(33)24(26(32)29-28(31)34)15-21-17-30(25-10-6-5-9-23(21)25)16-20-8-4-3-7-19(20)2/h3-15,17H,16H2,1-2H3,(H,29,32,34)/b24-15+. The van der Waals surface area contributed by atoms with Crippen molar-refractivity contribution in [1.29, 1.82) is 0 Å². The second kappa shape index (κ2) is 8.48. The quantitative estimate of drug-likeness (QED) is 0.353. The third kappa shape index (κ3) is 3.79. The van der Waals surface area contributed by atoms with Gasteiger partial charge in [0.05, 0.1) is 5.69 Å². The number of barbiturate groups is 1. The first-order valence-corrected chi connectivity index (χ1v) is 11.0. The maximum absolute atomic E-state index is 13.3. The van der Waals surface area contributed by atoms with Gasteiger partial charge in [0.25, 0.3) is 11.8 Å². The molecule has 4 aromatic rings. The van der Waals surface area contributed by atoms with E-state index in [0.717, 1.165) is 26.9 Å². The van der Waals surface area contributed by atoms with Gasteiger partial charge in [-0.05, 0) is 49.2 Å². The fourth-order valence-corrected chi connectivity index (χ4v) is 4.23. The van der Waals surface area contributed by atoms with Crippen molar-refractivity contribution < 1.29 is 14.4 Å². The molecule has 3 aromatic carbocycles. The van der Waals surface area contributed by atoms with Gasteiger partial charge in [-0.1, -0.05) is 60.2 Å². The molecule has 0 bridgehead atoms. The summed E-state index contributed by atoms with van der Waals surface area (Å²) in [5.74, 6) is -1.34. The van der Waals surface area contributed by atoms with Gasteiger partial charge in [-0.2, -0.15) is 0 Å². The zero-order chi connectivity index (χ0) is 23.8. The summed E-state index contributed by atoms with van der Waals surface area (Å²) in [6.07, 6.45) is 3.51. The lowest BCUT2D eigenvalue weighted by Gasteiger charge is -2.26. The third-order valence-corrected chi connectivity index (χ3v) is 6.12. The van der Waals surface area contributed by atoms with Gasteiger partial charge in [0.2, 0.25) is 0 Å². The number of benzene rings is 3. The first kappa shape index (κ1) is 21.4. The first-order chi connectivity index (χ1) is 16.4. The molecular weight excluding hydrogens is 426 g/mol. The van der Waals surface area contributed by atoms with Crippen LogP contribution in [0, 0.1) is 13.8 Å². The lowest BCUT2D eigenvalue weighted by Crippen LogP contribution is -2.54. The molecule has 6 nitrogen and oxygen atoms in total. The Bertz CT molecular complexity index is 1480. The second-order valence-corrected chi connectivity index (χ2v) is 8.45. The van der Waals surface area contributed by atoms with Gasteiger partial charge in [-0.25, -0.2) is 9.69 Å². The number of carbonyl (C=O) groups is 3. The van der Waals surface area contributed by atoms with Crippen molar-refractivity contribution >= 4 is 40.5 Å². The zero-order valence-electron chi connectivity index (χ0n) is 18.9. The zero-order valence-corrected chi connectivity index (χ0v) is 18.9. The van der Waals surface area contributed by atoms with E-state index in [1.807, 2.05) is 61.7 Å². The van der Waals surface area contributed by atoms with E-state index in [4.69, 9.17) is 0 Å². The van der Waals surface area contributed by atoms with Crippen LogP contribution < -0.4 is 10.2 Å². The van der Waals surface area contributed by atoms with Crippen LogP contribution in [0.1, 0.15) is 22.3 Å². The largest absolute Gasteiger partial charge is 0.342 e. The monoisotopic (exact) mass is 449 g/mol. The number of hydrogen-bond acceptors (Lipinski definition) is 3. The molecule has 2 heterocycles. The minimum Gasteiger partial charge on any atom is -0.342 e. The van der Waals surface area contributed by atoms with E-state index < -0.39 is 17.8 Å². The van der Waals surface area contributed by atoms with Crippen molar-refractivity contribution in [3.63, 3.8) is 0 Å². The van der Waals surface area contributed by atoms with Crippen molar-refractivity contribution in [2.24, 2.45) is 0 Å². The van der Waals surface area contributed by atoms with Gasteiger partial charge in [0.15, 0.2) is 0 Å². The summed E-state index contributed by atoms with van der Waals surface area (Å²) in [6, 6.07) is 22.3. The van der Waals surface area contributed by atoms with Crippen molar-refractivity contribution in [2.45, 2.75) is 20.4 Å². The minimum atomic E-state index is -0.752. The number of fused-ring (bicyclic) bond motifs is 1. The molecule has 0 spiro atoms. The number of para-hydroxylation sites is 1. The summed E-state index contributed by atoms with van der Waals surface area (Å²) in [5, 5.41) is 3.22. The fourth-order valence-electron chi connectivity index (χ4n) is 4.23. The number of nitrogens with zero attached hydrogens (tertiary/aromatic N) is 2. The van der Waals surface area contributed by atoms with E-state index in [1.54, 1.807) is 18.2 Å². The maximum Gasteiger partial charge on any atom is 0.335 e. The number of nitrogens with one attached hydrogen (secondary N) is 1. The molecule has 1 saturated heterocycles. The highest BCUT2D eigenvalue weighted by atomic mass is 16.2. The van der Waals surface area contributed by atoms with E-state index in [0.29, 0.717) is 12.2 Å². The highest BCUT2D eigenvalue weighted by Crippen LogP contribution is 2.27. The van der Waals surface area contributed by atoms with Gasteiger partial charge < -0.3 is 4.57 Å². The molecule has 1 fully saturated rings. The molecule has 0 saturated carbocycles. The molecule has 0 aliphatic carbocycles. The van der Waals surface area contributed by atoms with Crippen LogP contribution in [0.2, 0.25) is 0 Å². The van der Waals surface area contributed by atoms with Crippen LogP contribution in [0.5, 0.6) is 0 Å². The van der Waals surface area contributed by atoms with E-state index in [-0.39, 0.29) is 5.57 Å².